The van der Waals surface area contributed by atoms with Crippen molar-refractivity contribution in [3.05, 3.63) is 70.9 Å². The van der Waals surface area contributed by atoms with Gasteiger partial charge in [0, 0.05) is 17.8 Å². The van der Waals surface area contributed by atoms with Crippen molar-refractivity contribution in [3.63, 3.8) is 0 Å². The first kappa shape index (κ1) is 15.5. The molecule has 0 spiro atoms. The van der Waals surface area contributed by atoms with Gasteiger partial charge in [-0.05, 0) is 46.5 Å². The van der Waals surface area contributed by atoms with Gasteiger partial charge in [0.25, 0.3) is 0 Å². The lowest BCUT2D eigenvalue weighted by Gasteiger charge is -2.07. The fourth-order valence-electron chi connectivity index (χ4n) is 2.38. The minimum atomic E-state index is -0.248. The molecule has 0 bridgehead atoms. The SMILES string of the molecule is O=C(NCCc1ccc(F)cc1)NCc1csc2ccccc12. The molecule has 3 nitrogen and oxygen atoms in total. The number of thiophene rings is 1. The third-order valence-electron chi connectivity index (χ3n) is 3.61. The van der Waals surface area contributed by atoms with E-state index < -0.39 is 0 Å². The van der Waals surface area contributed by atoms with Crippen LogP contribution in [0.25, 0.3) is 10.1 Å². The van der Waals surface area contributed by atoms with Crippen LogP contribution in [0.4, 0.5) is 9.18 Å². The predicted octanol–water partition coefficient (Wildman–Crippen LogP) is 4.08. The molecular formula is C18H17FN2OS. The van der Waals surface area contributed by atoms with E-state index in [4.69, 9.17) is 0 Å². The summed E-state index contributed by atoms with van der Waals surface area (Å²) in [4.78, 5) is 11.8. The molecule has 5 heteroatoms. The van der Waals surface area contributed by atoms with Crippen molar-refractivity contribution in [3.8, 4) is 0 Å². The summed E-state index contributed by atoms with van der Waals surface area (Å²) in [7, 11) is 0. The van der Waals surface area contributed by atoms with Crippen LogP contribution >= 0.6 is 11.3 Å². The fourth-order valence-corrected chi connectivity index (χ4v) is 3.34. The minimum Gasteiger partial charge on any atom is -0.338 e. The number of rotatable bonds is 5. The van der Waals surface area contributed by atoms with E-state index in [0.29, 0.717) is 19.5 Å². The first-order valence-corrected chi connectivity index (χ1v) is 8.31. The summed E-state index contributed by atoms with van der Waals surface area (Å²) in [5.41, 5.74) is 2.12. The molecular weight excluding hydrogens is 311 g/mol. The number of hydrogen-bond acceptors (Lipinski definition) is 2. The Balaban J connectivity index is 1.45. The van der Waals surface area contributed by atoms with E-state index in [2.05, 4.69) is 28.1 Å². The molecule has 0 atom stereocenters. The Labute approximate surface area is 138 Å². The number of benzene rings is 2. The summed E-state index contributed by atoms with van der Waals surface area (Å²) in [6, 6.07) is 14.3. The van der Waals surface area contributed by atoms with E-state index >= 15 is 0 Å². The molecule has 0 aliphatic carbocycles. The molecule has 0 unspecified atom stereocenters. The van der Waals surface area contributed by atoms with E-state index in [1.807, 2.05) is 12.1 Å². The Kier molecular flexibility index (Phi) is 4.88. The van der Waals surface area contributed by atoms with Gasteiger partial charge in [0.05, 0.1) is 0 Å². The molecule has 0 fully saturated rings. The van der Waals surface area contributed by atoms with Gasteiger partial charge in [0.15, 0.2) is 0 Å². The maximum atomic E-state index is 12.8. The third-order valence-corrected chi connectivity index (χ3v) is 4.63. The molecule has 0 saturated carbocycles. The van der Waals surface area contributed by atoms with Crippen LogP contribution in [0.1, 0.15) is 11.1 Å². The fraction of sp³-hybridized carbons (Fsp3) is 0.167. The van der Waals surface area contributed by atoms with Gasteiger partial charge in [-0.25, -0.2) is 9.18 Å². The van der Waals surface area contributed by atoms with Crippen LogP contribution in [0.5, 0.6) is 0 Å². The second-order valence-electron chi connectivity index (χ2n) is 5.24. The standard InChI is InChI=1S/C18H17FN2OS/c19-15-7-5-13(6-8-15)9-10-20-18(22)21-11-14-12-23-17-4-2-1-3-16(14)17/h1-8,12H,9-11H2,(H2,20,21,22). The maximum absolute atomic E-state index is 12.8. The molecule has 0 aliphatic rings. The highest BCUT2D eigenvalue weighted by atomic mass is 32.1. The van der Waals surface area contributed by atoms with Crippen LogP contribution in [-0.4, -0.2) is 12.6 Å². The Hall–Kier alpha value is -2.40. The number of urea groups is 1. The number of hydrogen-bond donors (Lipinski definition) is 2. The van der Waals surface area contributed by atoms with E-state index in [-0.39, 0.29) is 11.8 Å². The summed E-state index contributed by atoms with van der Waals surface area (Å²) >= 11 is 1.68. The van der Waals surface area contributed by atoms with Crippen LogP contribution in [0, 0.1) is 5.82 Å². The van der Waals surface area contributed by atoms with Gasteiger partial charge >= 0.3 is 6.03 Å². The van der Waals surface area contributed by atoms with Gasteiger partial charge in [-0.1, -0.05) is 30.3 Å². The van der Waals surface area contributed by atoms with Gasteiger partial charge in [0.1, 0.15) is 5.82 Å². The Morgan fingerprint density at radius 3 is 2.65 bits per heavy atom. The second kappa shape index (κ2) is 7.24. The number of fused-ring (bicyclic) bond motifs is 1. The molecule has 2 aromatic carbocycles. The highest BCUT2D eigenvalue weighted by Gasteiger charge is 2.05. The number of nitrogens with one attached hydrogen (secondary N) is 2. The van der Waals surface area contributed by atoms with Crippen molar-refractivity contribution < 1.29 is 9.18 Å². The monoisotopic (exact) mass is 328 g/mol. The van der Waals surface area contributed by atoms with Crippen molar-refractivity contribution >= 4 is 27.5 Å². The lowest BCUT2D eigenvalue weighted by atomic mass is 10.1. The number of amides is 2. The molecule has 1 heterocycles. The summed E-state index contributed by atoms with van der Waals surface area (Å²) in [5, 5.41) is 8.94. The highest BCUT2D eigenvalue weighted by molar-refractivity contribution is 7.17. The normalized spacial score (nSPS) is 10.7. The van der Waals surface area contributed by atoms with E-state index in [1.54, 1.807) is 23.5 Å². The first-order chi connectivity index (χ1) is 11.2. The molecule has 23 heavy (non-hydrogen) atoms. The smallest absolute Gasteiger partial charge is 0.315 e. The third kappa shape index (κ3) is 4.07. The molecule has 3 rings (SSSR count). The number of halogens is 1. The van der Waals surface area contributed by atoms with Gasteiger partial charge in [0.2, 0.25) is 0 Å². The molecule has 0 aliphatic heterocycles. The van der Waals surface area contributed by atoms with Crippen LogP contribution in [0.15, 0.2) is 53.9 Å². The Morgan fingerprint density at radius 1 is 1.04 bits per heavy atom. The second-order valence-corrected chi connectivity index (χ2v) is 6.15. The minimum absolute atomic E-state index is 0.192. The van der Waals surface area contributed by atoms with Crippen molar-refractivity contribution in [2.24, 2.45) is 0 Å². The maximum Gasteiger partial charge on any atom is 0.315 e. The summed E-state index contributed by atoms with van der Waals surface area (Å²) in [6.45, 7) is 1.02. The van der Waals surface area contributed by atoms with Crippen LogP contribution in [0.2, 0.25) is 0 Å². The summed E-state index contributed by atoms with van der Waals surface area (Å²) < 4.78 is 14.0. The zero-order valence-electron chi connectivity index (χ0n) is 12.5. The van der Waals surface area contributed by atoms with Crippen molar-refractivity contribution in [2.75, 3.05) is 6.54 Å². The molecule has 2 N–H and O–H groups in total. The van der Waals surface area contributed by atoms with Gasteiger partial charge in [-0.2, -0.15) is 0 Å². The molecule has 2 amide bonds. The number of carbonyl (C=O) groups excluding carboxylic acids is 1. The largest absolute Gasteiger partial charge is 0.338 e. The molecule has 0 saturated heterocycles. The van der Waals surface area contributed by atoms with Crippen molar-refractivity contribution in [2.45, 2.75) is 13.0 Å². The van der Waals surface area contributed by atoms with E-state index in [0.717, 1.165) is 11.1 Å². The van der Waals surface area contributed by atoms with E-state index in [1.165, 1.54) is 22.2 Å². The number of carbonyl (C=O) groups is 1. The van der Waals surface area contributed by atoms with E-state index in [9.17, 15) is 9.18 Å². The Bertz CT molecular complexity index is 798. The highest BCUT2D eigenvalue weighted by Crippen LogP contribution is 2.25. The van der Waals surface area contributed by atoms with Crippen LogP contribution in [-0.2, 0) is 13.0 Å². The summed E-state index contributed by atoms with van der Waals surface area (Å²) in [6.07, 6.45) is 0.676. The summed E-state index contributed by atoms with van der Waals surface area (Å²) in [5.74, 6) is -0.248. The molecule has 0 radical (unpaired) electrons. The lowest BCUT2D eigenvalue weighted by molar-refractivity contribution is 0.240. The van der Waals surface area contributed by atoms with Crippen molar-refractivity contribution in [1.29, 1.82) is 0 Å². The molecule has 3 aromatic rings. The zero-order chi connectivity index (χ0) is 16.1. The van der Waals surface area contributed by atoms with Crippen molar-refractivity contribution in [1.82, 2.24) is 10.6 Å². The zero-order valence-corrected chi connectivity index (χ0v) is 13.3. The van der Waals surface area contributed by atoms with Gasteiger partial charge in [-0.3, -0.25) is 0 Å². The average Bonchev–Trinajstić information content (AvgIpc) is 2.98. The first-order valence-electron chi connectivity index (χ1n) is 7.43. The quantitative estimate of drug-likeness (QED) is 0.728. The predicted molar refractivity (Wildman–Crippen MR) is 92.2 cm³/mol. The van der Waals surface area contributed by atoms with Crippen LogP contribution < -0.4 is 10.6 Å². The van der Waals surface area contributed by atoms with Crippen LogP contribution in [0.3, 0.4) is 0 Å². The molecule has 118 valence electrons. The average molecular weight is 328 g/mol. The topological polar surface area (TPSA) is 41.1 Å². The Morgan fingerprint density at radius 2 is 1.83 bits per heavy atom. The van der Waals surface area contributed by atoms with Gasteiger partial charge in [-0.15, -0.1) is 11.3 Å². The van der Waals surface area contributed by atoms with Gasteiger partial charge < -0.3 is 10.6 Å². The lowest BCUT2D eigenvalue weighted by Crippen LogP contribution is -2.36. The molecule has 1 aromatic heterocycles.